The maximum atomic E-state index is 11.4. The molecule has 0 fully saturated rings. The summed E-state index contributed by atoms with van der Waals surface area (Å²) in [4.78, 5) is 0. The fraction of sp³-hybridized carbons (Fsp3) is 0.206. The molecule has 0 aromatic heterocycles. The van der Waals surface area contributed by atoms with Crippen LogP contribution in [-0.2, 0) is 45.2 Å². The fourth-order valence-corrected chi connectivity index (χ4v) is 10.2. The third-order valence-corrected chi connectivity index (χ3v) is 13.8. The number of rotatable bonds is 28. The van der Waals surface area contributed by atoms with E-state index in [-0.39, 0.29) is 66.1 Å². The molecule has 0 unspecified atom stereocenters. The number of aliphatic hydroxyl groups excluding tert-OH is 1. The van der Waals surface area contributed by atoms with Crippen LogP contribution in [0.3, 0.4) is 0 Å². The smallest absolute Gasteiger partial charge is 0.143 e. The Bertz CT molecular complexity index is 2370. The minimum Gasteiger partial charge on any atom is -0.396 e. The van der Waals surface area contributed by atoms with Crippen molar-refractivity contribution in [3.8, 4) is 0 Å². The van der Waals surface area contributed by atoms with Gasteiger partial charge in [0.2, 0.25) is 0 Å². The van der Waals surface area contributed by atoms with E-state index in [1.165, 1.54) is 0 Å². The molecule has 9 aromatic rings. The van der Waals surface area contributed by atoms with Gasteiger partial charge in [-0.3, -0.25) is 0 Å². The van der Waals surface area contributed by atoms with Gasteiger partial charge in [-0.1, -0.05) is 273 Å². The van der Waals surface area contributed by atoms with Gasteiger partial charge in [-0.25, -0.2) is 0 Å². The number of aliphatic hydroxyl groups is 1. The van der Waals surface area contributed by atoms with Crippen molar-refractivity contribution in [1.82, 2.24) is 0 Å². The van der Waals surface area contributed by atoms with Crippen molar-refractivity contribution in [3.63, 3.8) is 0 Å². The highest BCUT2D eigenvalue weighted by molar-refractivity contribution is 5.50. The quantitative estimate of drug-likeness (QED) is 0.0387. The Hall–Kier alpha value is -7.30. The zero-order valence-corrected chi connectivity index (χ0v) is 42.4. The lowest BCUT2D eigenvalue weighted by Crippen LogP contribution is -2.42. The summed E-state index contributed by atoms with van der Waals surface area (Å²) in [6, 6.07) is 92.7. The van der Waals surface area contributed by atoms with Crippen LogP contribution in [-0.4, -0.2) is 71.2 Å². The van der Waals surface area contributed by atoms with Crippen molar-refractivity contribution in [2.45, 2.75) is 16.8 Å². The van der Waals surface area contributed by atoms with Gasteiger partial charge >= 0.3 is 0 Å². The van der Waals surface area contributed by atoms with E-state index < -0.39 is 22.2 Å². The van der Waals surface area contributed by atoms with E-state index in [1.807, 2.05) is 164 Å². The first kappa shape index (κ1) is 52.6. The molecular formula is C68H66O7. The van der Waals surface area contributed by atoms with Gasteiger partial charge in [0.05, 0.1) is 71.5 Å². The van der Waals surface area contributed by atoms with Crippen LogP contribution in [0.1, 0.15) is 50.1 Å². The summed E-state index contributed by atoms with van der Waals surface area (Å²) in [5.41, 5.74) is 5.36. The van der Waals surface area contributed by atoms with Crippen LogP contribution in [0.25, 0.3) is 0 Å². The molecule has 0 saturated heterocycles. The van der Waals surface area contributed by atoms with Crippen LogP contribution in [0.5, 0.6) is 0 Å². The summed E-state index contributed by atoms with van der Waals surface area (Å²) in [7, 11) is 0. The third kappa shape index (κ3) is 12.1. The van der Waals surface area contributed by atoms with Crippen molar-refractivity contribution < 1.29 is 33.5 Å². The van der Waals surface area contributed by atoms with Gasteiger partial charge in [0, 0.05) is 0 Å². The normalized spacial score (nSPS) is 12.1. The standard InChI is InChI=1S/C68H66O7/c69-52-65(53-70-46-49-73-66(56-28-10-1-11-29-56,57-30-12-2-13-31-57)58-32-14-3-15-33-58,54-71-47-50-74-67(59-34-16-4-17-35-59,60-36-18-5-19-37-60)61-38-20-6-21-39-61)55-72-48-51-75-68(62-40-22-7-23-41-62,63-42-24-8-25-43-63)64-44-26-9-27-45-64/h1-45,69H,46-55H2. The first-order chi connectivity index (χ1) is 37.1. The Morgan fingerprint density at radius 3 is 0.533 bits per heavy atom. The number of benzene rings is 9. The van der Waals surface area contributed by atoms with E-state index in [0.717, 1.165) is 50.1 Å². The number of hydrogen-bond donors (Lipinski definition) is 1. The molecule has 1 N–H and O–H groups in total. The topological polar surface area (TPSA) is 75.6 Å². The van der Waals surface area contributed by atoms with E-state index in [4.69, 9.17) is 28.4 Å². The molecule has 0 aliphatic heterocycles. The van der Waals surface area contributed by atoms with Crippen molar-refractivity contribution >= 4 is 0 Å². The first-order valence-electron chi connectivity index (χ1n) is 25.9. The molecule has 0 spiro atoms. The molecular weight excluding hydrogens is 929 g/mol. The molecule has 9 aromatic carbocycles. The summed E-state index contributed by atoms with van der Waals surface area (Å²) in [5, 5.41) is 11.4. The third-order valence-electron chi connectivity index (χ3n) is 13.8. The van der Waals surface area contributed by atoms with Crippen molar-refractivity contribution in [3.05, 3.63) is 323 Å². The van der Waals surface area contributed by atoms with Crippen LogP contribution in [0, 0.1) is 5.41 Å². The molecule has 75 heavy (non-hydrogen) atoms. The molecule has 380 valence electrons. The van der Waals surface area contributed by atoms with E-state index in [1.54, 1.807) is 0 Å². The van der Waals surface area contributed by atoms with Gasteiger partial charge in [0.25, 0.3) is 0 Å². The fourth-order valence-electron chi connectivity index (χ4n) is 10.2. The van der Waals surface area contributed by atoms with Crippen molar-refractivity contribution in [2.75, 3.05) is 66.1 Å². The molecule has 0 saturated carbocycles. The van der Waals surface area contributed by atoms with Crippen LogP contribution >= 0.6 is 0 Å². The second-order valence-electron chi connectivity index (χ2n) is 18.7. The van der Waals surface area contributed by atoms with Gasteiger partial charge in [0.1, 0.15) is 16.8 Å². The lowest BCUT2D eigenvalue weighted by molar-refractivity contribution is -0.118. The molecule has 0 bridgehead atoms. The average molecular weight is 995 g/mol. The van der Waals surface area contributed by atoms with Crippen molar-refractivity contribution in [1.29, 1.82) is 0 Å². The van der Waals surface area contributed by atoms with E-state index in [9.17, 15) is 5.11 Å². The molecule has 0 amide bonds. The number of hydrogen-bond acceptors (Lipinski definition) is 7. The van der Waals surface area contributed by atoms with Gasteiger partial charge < -0.3 is 33.5 Å². The predicted molar refractivity (Wildman–Crippen MR) is 297 cm³/mol. The van der Waals surface area contributed by atoms with E-state index in [0.29, 0.717) is 0 Å². The summed E-state index contributed by atoms with van der Waals surface area (Å²) >= 11 is 0. The molecule has 0 atom stereocenters. The van der Waals surface area contributed by atoms with Crippen LogP contribution in [0.4, 0.5) is 0 Å². The Labute approximate surface area is 442 Å². The van der Waals surface area contributed by atoms with Gasteiger partial charge in [-0.2, -0.15) is 0 Å². The van der Waals surface area contributed by atoms with Crippen molar-refractivity contribution in [2.24, 2.45) is 5.41 Å². The molecule has 7 heteroatoms. The Morgan fingerprint density at radius 2 is 0.387 bits per heavy atom. The van der Waals surface area contributed by atoms with Crippen LogP contribution < -0.4 is 0 Å². The molecule has 7 nitrogen and oxygen atoms in total. The molecule has 0 heterocycles. The Balaban J connectivity index is 0.936. The highest BCUT2D eigenvalue weighted by Gasteiger charge is 2.41. The highest BCUT2D eigenvalue weighted by atomic mass is 16.6. The predicted octanol–water partition coefficient (Wildman–Crippen LogP) is 13.0. The second-order valence-corrected chi connectivity index (χ2v) is 18.7. The maximum Gasteiger partial charge on any atom is 0.143 e. The lowest BCUT2D eigenvalue weighted by Gasteiger charge is -2.37. The monoisotopic (exact) mass is 994 g/mol. The summed E-state index contributed by atoms with van der Waals surface area (Å²) < 4.78 is 40.9. The van der Waals surface area contributed by atoms with Gasteiger partial charge in [-0.05, 0) is 50.1 Å². The summed E-state index contributed by atoms with van der Waals surface area (Å²) in [6.45, 7) is 1.62. The highest BCUT2D eigenvalue weighted by Crippen LogP contribution is 2.43. The summed E-state index contributed by atoms with van der Waals surface area (Å²) in [6.07, 6.45) is 0. The van der Waals surface area contributed by atoms with Gasteiger partial charge in [-0.15, -0.1) is 0 Å². The molecule has 0 aliphatic rings. The Morgan fingerprint density at radius 1 is 0.227 bits per heavy atom. The zero-order valence-electron chi connectivity index (χ0n) is 42.4. The SMILES string of the molecule is OCC(COCCOC(c1ccccc1)(c1ccccc1)c1ccccc1)(COCCOC(c1ccccc1)(c1ccccc1)c1ccccc1)COCCOC(c1ccccc1)(c1ccccc1)c1ccccc1. The molecule has 0 aliphatic carbocycles. The van der Waals surface area contributed by atoms with E-state index in [2.05, 4.69) is 109 Å². The van der Waals surface area contributed by atoms with Gasteiger partial charge in [0.15, 0.2) is 0 Å². The first-order valence-corrected chi connectivity index (χ1v) is 25.9. The number of ether oxygens (including phenoxy) is 6. The largest absolute Gasteiger partial charge is 0.396 e. The van der Waals surface area contributed by atoms with E-state index >= 15 is 0 Å². The maximum absolute atomic E-state index is 11.4. The zero-order chi connectivity index (χ0) is 51.3. The average Bonchev–Trinajstić information content (AvgIpc) is 3.50. The molecule has 0 radical (unpaired) electrons. The second kappa shape index (κ2) is 26.3. The Kier molecular flexibility index (Phi) is 18.4. The molecule has 9 rings (SSSR count). The lowest BCUT2D eigenvalue weighted by atomic mass is 9.80. The van der Waals surface area contributed by atoms with Crippen LogP contribution in [0.15, 0.2) is 273 Å². The summed E-state index contributed by atoms with van der Waals surface area (Å²) in [5.74, 6) is 0. The minimum absolute atomic E-state index is 0.132. The minimum atomic E-state index is -0.958. The van der Waals surface area contributed by atoms with Crippen LogP contribution in [0.2, 0.25) is 0 Å².